The van der Waals surface area contributed by atoms with Crippen molar-refractivity contribution in [1.29, 1.82) is 0 Å². The zero-order chi connectivity index (χ0) is 19.3. The van der Waals surface area contributed by atoms with E-state index in [2.05, 4.69) is 19.2 Å². The molecule has 2 fully saturated rings. The lowest BCUT2D eigenvalue weighted by Gasteiger charge is -2.23. The third-order valence-corrected chi connectivity index (χ3v) is 6.66. The van der Waals surface area contributed by atoms with E-state index >= 15 is 0 Å². The number of nitrogens with zero attached hydrogens (tertiary/aromatic N) is 2. The van der Waals surface area contributed by atoms with Crippen LogP contribution in [0.25, 0.3) is 0 Å². The fourth-order valence-electron chi connectivity index (χ4n) is 3.48. The van der Waals surface area contributed by atoms with E-state index in [1.165, 1.54) is 0 Å². The molecule has 0 saturated carbocycles. The minimum absolute atomic E-state index is 0.00150. The predicted octanol–water partition coefficient (Wildman–Crippen LogP) is 0.190. The number of carbonyl (C=O) groups excluding carboxylic acids is 2. The van der Waals surface area contributed by atoms with E-state index < -0.39 is 16.1 Å². The summed E-state index contributed by atoms with van der Waals surface area (Å²) in [6, 6.07) is -0.588. The maximum absolute atomic E-state index is 12.8. The minimum atomic E-state index is -3.59. The third-order valence-electron chi connectivity index (χ3n) is 4.93. The molecule has 2 amide bonds. The minimum Gasteiger partial charge on any atom is -0.385 e. The molecule has 2 heterocycles. The summed E-state index contributed by atoms with van der Waals surface area (Å²) in [6.07, 6.45) is 2.24. The molecule has 1 N–H and O–H groups in total. The van der Waals surface area contributed by atoms with Crippen molar-refractivity contribution < 1.29 is 22.7 Å². The van der Waals surface area contributed by atoms with E-state index in [9.17, 15) is 18.0 Å². The van der Waals surface area contributed by atoms with Crippen LogP contribution in [0.1, 0.15) is 39.5 Å². The lowest BCUT2D eigenvalue weighted by atomic mass is 10.1. The fraction of sp³-hybridized carbons (Fsp3) is 0.882. The quantitative estimate of drug-likeness (QED) is 0.596. The Kier molecular flexibility index (Phi) is 7.42. The first-order chi connectivity index (χ1) is 12.2. The van der Waals surface area contributed by atoms with Crippen LogP contribution in [0.4, 0.5) is 0 Å². The van der Waals surface area contributed by atoms with Crippen LogP contribution in [0.15, 0.2) is 0 Å². The lowest BCUT2D eigenvalue weighted by molar-refractivity contribution is -0.130. The average molecular weight is 390 g/mol. The van der Waals surface area contributed by atoms with E-state index in [4.69, 9.17) is 4.74 Å². The molecular formula is C17H31N3O5S. The first-order valence-electron chi connectivity index (χ1n) is 9.31. The molecule has 2 atom stereocenters. The van der Waals surface area contributed by atoms with Gasteiger partial charge in [-0.15, -0.1) is 0 Å². The second-order valence-electron chi connectivity index (χ2n) is 7.52. The standard InChI is InChI=1S/C17H31N3O5S/c1-13(2)5-6-16(21)18-14-11-15-17(22)20(7-4-9-25-3)26(23,24)10-8-19(15)12-14/h13-15H,4-12H2,1-3H3,(H,18,21)/t14-,15-/m0/s1. The van der Waals surface area contributed by atoms with Gasteiger partial charge in [0.1, 0.15) is 0 Å². The lowest BCUT2D eigenvalue weighted by Crippen LogP contribution is -2.44. The Hall–Kier alpha value is -1.19. The molecule has 150 valence electrons. The van der Waals surface area contributed by atoms with Crippen LogP contribution in [0.2, 0.25) is 0 Å². The molecule has 8 nitrogen and oxygen atoms in total. The van der Waals surface area contributed by atoms with Crippen molar-refractivity contribution in [3.8, 4) is 0 Å². The molecule has 0 bridgehead atoms. The summed E-state index contributed by atoms with van der Waals surface area (Å²) in [5, 5.41) is 3.00. The number of fused-ring (bicyclic) bond motifs is 1. The second kappa shape index (κ2) is 9.14. The number of methoxy groups -OCH3 is 1. The predicted molar refractivity (Wildman–Crippen MR) is 98.0 cm³/mol. The van der Waals surface area contributed by atoms with Crippen molar-refractivity contribution in [2.45, 2.75) is 51.6 Å². The monoisotopic (exact) mass is 389 g/mol. The molecule has 26 heavy (non-hydrogen) atoms. The van der Waals surface area contributed by atoms with Gasteiger partial charge in [-0.2, -0.15) is 0 Å². The molecule has 2 rings (SSSR count). The van der Waals surface area contributed by atoms with Crippen LogP contribution in [-0.4, -0.2) is 80.6 Å². The van der Waals surface area contributed by atoms with Crippen LogP contribution < -0.4 is 5.32 Å². The normalized spacial score (nSPS) is 26.0. The van der Waals surface area contributed by atoms with Gasteiger partial charge in [-0.3, -0.25) is 14.5 Å². The zero-order valence-corrected chi connectivity index (χ0v) is 16.8. The fourth-order valence-corrected chi connectivity index (χ4v) is 4.97. The van der Waals surface area contributed by atoms with Crippen LogP contribution >= 0.6 is 0 Å². The molecule has 2 aliphatic rings. The number of amides is 2. The second-order valence-corrected chi connectivity index (χ2v) is 9.53. The van der Waals surface area contributed by atoms with E-state index in [1.807, 2.05) is 4.90 Å². The number of hydrogen-bond acceptors (Lipinski definition) is 6. The van der Waals surface area contributed by atoms with Gasteiger partial charge in [0, 0.05) is 45.8 Å². The summed E-state index contributed by atoms with van der Waals surface area (Å²) in [5.41, 5.74) is 0. The molecule has 0 aromatic carbocycles. The smallest absolute Gasteiger partial charge is 0.253 e. The first kappa shape index (κ1) is 21.1. The third kappa shape index (κ3) is 5.40. The molecule has 0 aromatic heterocycles. The summed E-state index contributed by atoms with van der Waals surface area (Å²) in [5.74, 6) is 0.0125. The van der Waals surface area contributed by atoms with Crippen molar-refractivity contribution in [2.75, 3.05) is 39.1 Å². The molecule has 2 saturated heterocycles. The van der Waals surface area contributed by atoms with Gasteiger partial charge in [-0.05, 0) is 25.2 Å². The van der Waals surface area contributed by atoms with E-state index in [0.717, 1.165) is 10.7 Å². The number of carbonyl (C=O) groups is 2. The van der Waals surface area contributed by atoms with Gasteiger partial charge < -0.3 is 10.1 Å². The number of nitrogens with one attached hydrogen (secondary N) is 1. The van der Waals surface area contributed by atoms with Crippen molar-refractivity contribution in [2.24, 2.45) is 5.92 Å². The van der Waals surface area contributed by atoms with Crippen LogP contribution in [-0.2, 0) is 24.3 Å². The van der Waals surface area contributed by atoms with Gasteiger partial charge in [0.05, 0.1) is 11.8 Å². The SMILES string of the molecule is COCCCN1C(=O)[C@@H]2C[C@H](NC(=O)CCC(C)C)CN2CCS1(=O)=O. The summed E-state index contributed by atoms with van der Waals surface area (Å²) >= 11 is 0. The molecule has 0 aromatic rings. The number of sulfonamides is 1. The van der Waals surface area contributed by atoms with Crippen molar-refractivity contribution in [3.63, 3.8) is 0 Å². The average Bonchev–Trinajstić information content (AvgIpc) is 2.94. The Morgan fingerprint density at radius 2 is 2.12 bits per heavy atom. The molecule has 0 radical (unpaired) electrons. The van der Waals surface area contributed by atoms with Gasteiger partial charge in [-0.25, -0.2) is 12.7 Å². The van der Waals surface area contributed by atoms with Crippen LogP contribution in [0, 0.1) is 5.92 Å². The highest BCUT2D eigenvalue weighted by Gasteiger charge is 2.45. The Morgan fingerprint density at radius 1 is 1.38 bits per heavy atom. The summed E-state index contributed by atoms with van der Waals surface area (Å²) in [4.78, 5) is 26.8. The molecule has 0 unspecified atom stereocenters. The summed E-state index contributed by atoms with van der Waals surface area (Å²) in [7, 11) is -2.05. The molecular weight excluding hydrogens is 358 g/mol. The van der Waals surface area contributed by atoms with Crippen LogP contribution in [0.5, 0.6) is 0 Å². The van der Waals surface area contributed by atoms with Gasteiger partial charge in [0.2, 0.25) is 15.9 Å². The Balaban J connectivity index is 1.99. The number of hydrogen-bond donors (Lipinski definition) is 1. The maximum Gasteiger partial charge on any atom is 0.253 e. The number of ether oxygens (including phenoxy) is 1. The van der Waals surface area contributed by atoms with Gasteiger partial charge >= 0.3 is 0 Å². The highest BCUT2D eigenvalue weighted by molar-refractivity contribution is 7.89. The van der Waals surface area contributed by atoms with Crippen LogP contribution in [0.3, 0.4) is 0 Å². The molecule has 9 heteroatoms. The van der Waals surface area contributed by atoms with E-state index in [0.29, 0.717) is 44.9 Å². The molecule has 2 aliphatic heterocycles. The van der Waals surface area contributed by atoms with Gasteiger partial charge in [-0.1, -0.05) is 13.8 Å². The van der Waals surface area contributed by atoms with E-state index in [1.54, 1.807) is 7.11 Å². The Morgan fingerprint density at radius 3 is 2.77 bits per heavy atom. The highest BCUT2D eigenvalue weighted by Crippen LogP contribution is 2.25. The molecule has 0 spiro atoms. The van der Waals surface area contributed by atoms with Crippen molar-refractivity contribution in [3.05, 3.63) is 0 Å². The zero-order valence-electron chi connectivity index (χ0n) is 15.9. The highest BCUT2D eigenvalue weighted by atomic mass is 32.2. The Bertz CT molecular complexity index is 608. The van der Waals surface area contributed by atoms with E-state index in [-0.39, 0.29) is 30.2 Å². The van der Waals surface area contributed by atoms with Crippen molar-refractivity contribution >= 4 is 21.8 Å². The first-order valence-corrected chi connectivity index (χ1v) is 10.9. The van der Waals surface area contributed by atoms with Crippen molar-refractivity contribution in [1.82, 2.24) is 14.5 Å². The topological polar surface area (TPSA) is 96.0 Å². The Labute approximate surface area is 156 Å². The van der Waals surface area contributed by atoms with Gasteiger partial charge in [0.15, 0.2) is 0 Å². The molecule has 0 aliphatic carbocycles. The summed E-state index contributed by atoms with van der Waals surface area (Å²) < 4.78 is 30.8. The number of rotatable bonds is 8. The largest absolute Gasteiger partial charge is 0.385 e. The van der Waals surface area contributed by atoms with Gasteiger partial charge in [0.25, 0.3) is 5.91 Å². The summed E-state index contributed by atoms with van der Waals surface area (Å²) in [6.45, 7) is 5.53. The maximum atomic E-state index is 12.8.